The Morgan fingerprint density at radius 1 is 1.13 bits per heavy atom. The van der Waals surface area contributed by atoms with Crippen molar-refractivity contribution in [2.75, 3.05) is 13.8 Å². The van der Waals surface area contributed by atoms with Crippen molar-refractivity contribution in [1.29, 1.82) is 0 Å². The molecular formula is C22H28ClNO6. The lowest BCUT2D eigenvalue weighted by Gasteiger charge is -2.43. The number of carbonyl (C=O) groups excluding carboxylic acids is 4. The van der Waals surface area contributed by atoms with Gasteiger partial charge in [0.2, 0.25) is 6.79 Å². The van der Waals surface area contributed by atoms with Crippen LogP contribution in [0, 0.1) is 5.92 Å². The standard InChI is InChI=1S/C22H28ClNO6/c1-15(2)18(25)11-12-20(27)29-14-30-21(28)24(3)22(13-7-6-10-19(22)26)16-8-4-5-9-17(16)23/h4-5,8-9,15H,6-7,10-14H2,1-3H3/t22-/m0/s1. The number of benzene rings is 1. The summed E-state index contributed by atoms with van der Waals surface area (Å²) in [5, 5.41) is 0.397. The van der Waals surface area contributed by atoms with Gasteiger partial charge in [0.05, 0.1) is 6.42 Å². The van der Waals surface area contributed by atoms with Gasteiger partial charge in [-0.1, -0.05) is 43.6 Å². The summed E-state index contributed by atoms with van der Waals surface area (Å²) in [5.74, 6) is -0.931. The predicted molar refractivity (Wildman–Crippen MR) is 111 cm³/mol. The molecule has 2 rings (SSSR count). The molecule has 1 fully saturated rings. The first-order chi connectivity index (χ1) is 14.2. The largest absolute Gasteiger partial charge is 0.428 e. The van der Waals surface area contributed by atoms with Crippen LogP contribution in [0.1, 0.15) is 57.9 Å². The van der Waals surface area contributed by atoms with E-state index in [4.69, 9.17) is 21.1 Å². The minimum atomic E-state index is -1.22. The van der Waals surface area contributed by atoms with E-state index in [0.29, 0.717) is 23.4 Å². The van der Waals surface area contributed by atoms with Crippen molar-refractivity contribution in [1.82, 2.24) is 4.90 Å². The summed E-state index contributed by atoms with van der Waals surface area (Å²) >= 11 is 6.36. The molecule has 164 valence electrons. The summed E-state index contributed by atoms with van der Waals surface area (Å²) in [4.78, 5) is 50.2. The maximum Gasteiger partial charge on any atom is 0.413 e. The topological polar surface area (TPSA) is 90.0 Å². The Morgan fingerprint density at radius 2 is 1.83 bits per heavy atom. The van der Waals surface area contributed by atoms with Gasteiger partial charge in [0.25, 0.3) is 0 Å². The van der Waals surface area contributed by atoms with Gasteiger partial charge < -0.3 is 9.47 Å². The number of rotatable bonds is 8. The van der Waals surface area contributed by atoms with Gasteiger partial charge in [-0.05, 0) is 25.3 Å². The molecule has 0 saturated heterocycles. The number of carbonyl (C=O) groups is 4. The highest BCUT2D eigenvalue weighted by Crippen LogP contribution is 2.42. The van der Waals surface area contributed by atoms with Crippen molar-refractivity contribution < 1.29 is 28.7 Å². The summed E-state index contributed by atoms with van der Waals surface area (Å²) in [6.45, 7) is 2.92. The van der Waals surface area contributed by atoms with Crippen molar-refractivity contribution in [3.8, 4) is 0 Å². The number of ether oxygens (including phenoxy) is 2. The van der Waals surface area contributed by atoms with Crippen molar-refractivity contribution in [2.45, 2.75) is 57.9 Å². The molecule has 0 N–H and O–H groups in total. The molecule has 0 heterocycles. The summed E-state index contributed by atoms with van der Waals surface area (Å²) in [7, 11) is 1.48. The molecule has 0 bridgehead atoms. The van der Waals surface area contributed by atoms with Crippen LogP contribution in [-0.4, -0.2) is 42.4 Å². The van der Waals surface area contributed by atoms with Gasteiger partial charge in [-0.3, -0.25) is 19.3 Å². The lowest BCUT2D eigenvalue weighted by Crippen LogP contribution is -2.54. The second kappa shape index (κ2) is 10.6. The second-order valence-electron chi connectivity index (χ2n) is 7.69. The molecule has 1 aromatic rings. The first kappa shape index (κ1) is 23.9. The van der Waals surface area contributed by atoms with Crippen LogP contribution in [0.4, 0.5) is 4.79 Å². The Bertz CT molecular complexity index is 809. The highest BCUT2D eigenvalue weighted by molar-refractivity contribution is 6.31. The van der Waals surface area contributed by atoms with Crippen LogP contribution in [0.3, 0.4) is 0 Å². The molecule has 1 aliphatic carbocycles. The predicted octanol–water partition coefficient (Wildman–Crippen LogP) is 4.25. The van der Waals surface area contributed by atoms with E-state index >= 15 is 0 Å². The Hall–Kier alpha value is -2.41. The number of halogens is 1. The van der Waals surface area contributed by atoms with E-state index in [-0.39, 0.29) is 30.3 Å². The van der Waals surface area contributed by atoms with Crippen LogP contribution in [0.5, 0.6) is 0 Å². The van der Waals surface area contributed by atoms with Gasteiger partial charge in [-0.15, -0.1) is 0 Å². The molecule has 1 saturated carbocycles. The van der Waals surface area contributed by atoms with E-state index in [1.165, 1.54) is 11.9 Å². The molecule has 7 nitrogen and oxygen atoms in total. The average molecular weight is 438 g/mol. The number of ketones is 2. The lowest BCUT2D eigenvalue weighted by atomic mass is 9.74. The third kappa shape index (κ3) is 5.39. The van der Waals surface area contributed by atoms with Gasteiger partial charge in [0.15, 0.2) is 5.78 Å². The molecule has 1 aromatic carbocycles. The number of amides is 1. The van der Waals surface area contributed by atoms with Crippen molar-refractivity contribution >= 4 is 35.2 Å². The first-order valence-electron chi connectivity index (χ1n) is 10.1. The van der Waals surface area contributed by atoms with Gasteiger partial charge in [-0.2, -0.15) is 0 Å². The smallest absolute Gasteiger partial charge is 0.413 e. The van der Waals surface area contributed by atoms with Crippen LogP contribution in [-0.2, 0) is 29.4 Å². The van der Waals surface area contributed by atoms with Gasteiger partial charge in [-0.25, -0.2) is 4.79 Å². The van der Waals surface area contributed by atoms with Crippen LogP contribution in [0.25, 0.3) is 0 Å². The molecular weight excluding hydrogens is 410 g/mol. The first-order valence-corrected chi connectivity index (χ1v) is 10.4. The summed E-state index contributed by atoms with van der Waals surface area (Å²) in [5.41, 5.74) is -0.665. The Kier molecular flexibility index (Phi) is 8.41. The summed E-state index contributed by atoms with van der Waals surface area (Å²) < 4.78 is 9.98. The molecule has 0 radical (unpaired) electrons. The van der Waals surface area contributed by atoms with E-state index in [1.54, 1.807) is 38.1 Å². The van der Waals surface area contributed by atoms with E-state index in [0.717, 1.165) is 12.8 Å². The number of esters is 1. The fraction of sp³-hybridized carbons (Fsp3) is 0.545. The summed E-state index contributed by atoms with van der Waals surface area (Å²) in [6.07, 6.45) is 1.48. The quantitative estimate of drug-likeness (QED) is 0.446. The van der Waals surface area contributed by atoms with E-state index in [2.05, 4.69) is 0 Å². The van der Waals surface area contributed by atoms with Crippen molar-refractivity contribution in [3.63, 3.8) is 0 Å². The van der Waals surface area contributed by atoms with Crippen LogP contribution in [0.15, 0.2) is 24.3 Å². The molecule has 8 heteroatoms. The average Bonchev–Trinajstić information content (AvgIpc) is 2.72. The van der Waals surface area contributed by atoms with Crippen molar-refractivity contribution in [3.05, 3.63) is 34.9 Å². The monoisotopic (exact) mass is 437 g/mol. The number of nitrogens with zero attached hydrogens (tertiary/aromatic N) is 1. The third-order valence-corrected chi connectivity index (χ3v) is 5.77. The van der Waals surface area contributed by atoms with Gasteiger partial charge in [0, 0.05) is 36.4 Å². The normalized spacial score (nSPS) is 18.8. The summed E-state index contributed by atoms with van der Waals surface area (Å²) in [6, 6.07) is 6.94. The van der Waals surface area contributed by atoms with E-state index in [1.807, 2.05) is 0 Å². The molecule has 0 unspecified atom stereocenters. The zero-order chi connectivity index (χ0) is 22.3. The number of hydrogen-bond donors (Lipinski definition) is 0. The SMILES string of the molecule is CC(C)C(=O)CCC(=O)OCOC(=O)N(C)[C@]1(c2ccccc2Cl)CCCCC1=O. The zero-order valence-corrected chi connectivity index (χ0v) is 18.4. The minimum Gasteiger partial charge on any atom is -0.428 e. The molecule has 1 atom stereocenters. The number of Topliss-reactive ketones (excluding diaryl/α,β-unsaturated/α-hetero) is 2. The fourth-order valence-electron chi connectivity index (χ4n) is 3.61. The molecule has 30 heavy (non-hydrogen) atoms. The maximum atomic E-state index is 13.0. The molecule has 1 aliphatic rings. The Balaban J connectivity index is 2.03. The van der Waals surface area contributed by atoms with Gasteiger partial charge in [0.1, 0.15) is 11.3 Å². The molecule has 0 spiro atoms. The van der Waals surface area contributed by atoms with E-state index < -0.39 is 24.4 Å². The minimum absolute atomic E-state index is 0.0406. The molecule has 0 aromatic heterocycles. The number of likely N-dealkylation sites (N-methyl/N-ethyl adjacent to an activating group) is 1. The zero-order valence-electron chi connectivity index (χ0n) is 17.6. The molecule has 1 amide bonds. The van der Waals surface area contributed by atoms with Crippen LogP contribution in [0.2, 0.25) is 5.02 Å². The second-order valence-corrected chi connectivity index (χ2v) is 8.10. The van der Waals surface area contributed by atoms with Gasteiger partial charge >= 0.3 is 12.1 Å². The maximum absolute atomic E-state index is 13.0. The van der Waals surface area contributed by atoms with E-state index in [9.17, 15) is 19.2 Å². The van der Waals surface area contributed by atoms with Crippen LogP contribution >= 0.6 is 11.6 Å². The number of hydrogen-bond acceptors (Lipinski definition) is 6. The van der Waals surface area contributed by atoms with Crippen LogP contribution < -0.4 is 0 Å². The molecule has 0 aliphatic heterocycles. The van der Waals surface area contributed by atoms with Crippen molar-refractivity contribution in [2.24, 2.45) is 5.92 Å². The lowest BCUT2D eigenvalue weighted by molar-refractivity contribution is -0.154. The highest BCUT2D eigenvalue weighted by atomic mass is 35.5. The highest BCUT2D eigenvalue weighted by Gasteiger charge is 2.48. The Labute approximate surface area is 181 Å². The third-order valence-electron chi connectivity index (χ3n) is 5.44. The Morgan fingerprint density at radius 3 is 2.47 bits per heavy atom. The fourth-order valence-corrected chi connectivity index (χ4v) is 3.91.